The summed E-state index contributed by atoms with van der Waals surface area (Å²) >= 11 is 1.44. The normalized spacial score (nSPS) is 15.4. The van der Waals surface area contributed by atoms with Crippen LogP contribution in [0.25, 0.3) is 10.6 Å². The fourth-order valence-corrected chi connectivity index (χ4v) is 4.03. The highest BCUT2D eigenvalue weighted by Gasteiger charge is 2.26. The molecule has 1 fully saturated rings. The predicted molar refractivity (Wildman–Crippen MR) is 99.6 cm³/mol. The quantitative estimate of drug-likeness (QED) is 0.849. The first-order valence-electron chi connectivity index (χ1n) is 8.51. The van der Waals surface area contributed by atoms with Crippen molar-refractivity contribution in [2.75, 3.05) is 26.2 Å². The van der Waals surface area contributed by atoms with Crippen LogP contribution in [-0.4, -0.2) is 52.9 Å². The van der Waals surface area contributed by atoms with Crippen molar-refractivity contribution < 1.29 is 4.79 Å². The van der Waals surface area contributed by atoms with E-state index in [-0.39, 0.29) is 5.91 Å². The summed E-state index contributed by atoms with van der Waals surface area (Å²) in [7, 11) is 0. The van der Waals surface area contributed by atoms with Gasteiger partial charge in [-0.15, -0.1) is 11.3 Å². The van der Waals surface area contributed by atoms with E-state index in [9.17, 15) is 4.79 Å². The average Bonchev–Trinajstić information content (AvgIpc) is 3.03. The van der Waals surface area contributed by atoms with Gasteiger partial charge in [0.15, 0.2) is 0 Å². The highest BCUT2D eigenvalue weighted by atomic mass is 32.1. The highest BCUT2D eigenvalue weighted by molar-refractivity contribution is 7.17. The van der Waals surface area contributed by atoms with Crippen LogP contribution in [0.1, 0.15) is 34.8 Å². The van der Waals surface area contributed by atoms with E-state index in [1.807, 2.05) is 24.0 Å². The molecule has 2 heterocycles. The molecule has 5 nitrogen and oxygen atoms in total. The molecule has 0 aliphatic carbocycles. The van der Waals surface area contributed by atoms with Crippen LogP contribution in [0, 0.1) is 18.3 Å². The number of carbonyl (C=O) groups is 1. The minimum Gasteiger partial charge on any atom is -0.335 e. The first kappa shape index (κ1) is 17.6. The topological polar surface area (TPSA) is 60.2 Å². The molecule has 0 unspecified atom stereocenters. The first-order valence-corrected chi connectivity index (χ1v) is 9.32. The van der Waals surface area contributed by atoms with Gasteiger partial charge < -0.3 is 4.90 Å². The molecule has 0 spiro atoms. The van der Waals surface area contributed by atoms with Gasteiger partial charge in [-0.05, 0) is 32.9 Å². The van der Waals surface area contributed by atoms with Crippen LogP contribution in [-0.2, 0) is 0 Å². The molecular weight excluding hydrogens is 332 g/mol. The summed E-state index contributed by atoms with van der Waals surface area (Å²) in [4.78, 5) is 22.5. The zero-order chi connectivity index (χ0) is 18.0. The Morgan fingerprint density at radius 3 is 2.40 bits per heavy atom. The number of piperazine rings is 1. The maximum atomic E-state index is 12.9. The van der Waals surface area contributed by atoms with E-state index in [1.54, 1.807) is 12.1 Å². The molecule has 25 heavy (non-hydrogen) atoms. The van der Waals surface area contributed by atoms with Crippen molar-refractivity contribution in [2.45, 2.75) is 26.8 Å². The molecule has 1 aromatic carbocycles. The van der Waals surface area contributed by atoms with E-state index in [0.717, 1.165) is 47.3 Å². The number of nitrogens with zero attached hydrogens (tertiary/aromatic N) is 4. The molecule has 1 aliphatic heterocycles. The summed E-state index contributed by atoms with van der Waals surface area (Å²) in [6.07, 6.45) is 0. The zero-order valence-electron chi connectivity index (χ0n) is 14.8. The van der Waals surface area contributed by atoms with Crippen molar-refractivity contribution >= 4 is 17.2 Å². The first-order chi connectivity index (χ1) is 12.0. The van der Waals surface area contributed by atoms with Crippen molar-refractivity contribution in [1.29, 1.82) is 5.26 Å². The summed E-state index contributed by atoms with van der Waals surface area (Å²) < 4.78 is 0. The van der Waals surface area contributed by atoms with E-state index >= 15 is 0 Å². The maximum Gasteiger partial charge on any atom is 0.265 e. The van der Waals surface area contributed by atoms with Crippen molar-refractivity contribution in [3.8, 4) is 16.6 Å². The monoisotopic (exact) mass is 354 g/mol. The molecule has 0 saturated carbocycles. The lowest BCUT2D eigenvalue weighted by atomic mass is 10.1. The van der Waals surface area contributed by atoms with Gasteiger partial charge in [-0.1, -0.05) is 12.1 Å². The number of benzene rings is 1. The summed E-state index contributed by atoms with van der Waals surface area (Å²) in [5.41, 5.74) is 2.34. The Bertz CT molecular complexity index is 796. The lowest BCUT2D eigenvalue weighted by Gasteiger charge is -2.36. The van der Waals surface area contributed by atoms with Gasteiger partial charge in [0, 0.05) is 37.8 Å². The molecule has 0 bridgehead atoms. The van der Waals surface area contributed by atoms with Crippen LogP contribution in [0.3, 0.4) is 0 Å². The second-order valence-corrected chi connectivity index (χ2v) is 7.54. The number of rotatable bonds is 3. The SMILES string of the molecule is Cc1nc(-c2ccc(C#N)cc2)sc1C(=O)N1CCN(C(C)C)CC1. The molecule has 1 saturated heterocycles. The Balaban J connectivity index is 1.76. The Kier molecular flexibility index (Phi) is 5.16. The molecule has 1 aliphatic rings. The van der Waals surface area contributed by atoms with Crippen LogP contribution in [0.15, 0.2) is 24.3 Å². The zero-order valence-corrected chi connectivity index (χ0v) is 15.6. The van der Waals surface area contributed by atoms with E-state index in [2.05, 4.69) is 29.8 Å². The summed E-state index contributed by atoms with van der Waals surface area (Å²) in [5.74, 6) is 0.0818. The Morgan fingerprint density at radius 2 is 1.84 bits per heavy atom. The minimum atomic E-state index is 0.0818. The van der Waals surface area contributed by atoms with Gasteiger partial charge in [-0.2, -0.15) is 5.26 Å². The summed E-state index contributed by atoms with van der Waals surface area (Å²) in [5, 5.41) is 9.73. The largest absolute Gasteiger partial charge is 0.335 e. The van der Waals surface area contributed by atoms with E-state index < -0.39 is 0 Å². The van der Waals surface area contributed by atoms with Crippen LogP contribution in [0.2, 0.25) is 0 Å². The van der Waals surface area contributed by atoms with Crippen molar-refractivity contribution in [2.24, 2.45) is 0 Å². The standard InChI is InChI=1S/C19H22N4OS/c1-13(2)22-8-10-23(11-9-22)19(24)17-14(3)21-18(25-17)16-6-4-15(12-20)5-7-16/h4-7,13H,8-11H2,1-3H3. The van der Waals surface area contributed by atoms with Gasteiger partial charge >= 0.3 is 0 Å². The molecule has 1 aromatic heterocycles. The summed E-state index contributed by atoms with van der Waals surface area (Å²) in [6, 6.07) is 9.95. The van der Waals surface area contributed by atoms with Gasteiger partial charge in [0.1, 0.15) is 9.88 Å². The minimum absolute atomic E-state index is 0.0818. The van der Waals surface area contributed by atoms with Crippen molar-refractivity contribution in [1.82, 2.24) is 14.8 Å². The number of hydrogen-bond acceptors (Lipinski definition) is 5. The van der Waals surface area contributed by atoms with Crippen LogP contribution >= 0.6 is 11.3 Å². The molecule has 130 valence electrons. The lowest BCUT2D eigenvalue weighted by molar-refractivity contribution is 0.0599. The molecule has 0 radical (unpaired) electrons. The maximum absolute atomic E-state index is 12.9. The molecule has 0 atom stereocenters. The number of aryl methyl sites for hydroxylation is 1. The van der Waals surface area contributed by atoms with Gasteiger partial charge in [-0.25, -0.2) is 4.98 Å². The van der Waals surface area contributed by atoms with Gasteiger partial charge in [-0.3, -0.25) is 9.69 Å². The van der Waals surface area contributed by atoms with Crippen molar-refractivity contribution in [3.05, 3.63) is 40.4 Å². The third kappa shape index (κ3) is 3.73. The number of carbonyl (C=O) groups excluding carboxylic acids is 1. The average molecular weight is 354 g/mol. The predicted octanol–water partition coefficient (Wildman–Crippen LogP) is 3.16. The smallest absolute Gasteiger partial charge is 0.265 e. The molecule has 6 heteroatoms. The molecule has 3 rings (SSSR count). The van der Waals surface area contributed by atoms with E-state index in [4.69, 9.17) is 5.26 Å². The number of thiazole rings is 1. The lowest BCUT2D eigenvalue weighted by Crippen LogP contribution is -2.50. The summed E-state index contributed by atoms with van der Waals surface area (Å²) in [6.45, 7) is 9.64. The number of aromatic nitrogens is 1. The molecule has 0 N–H and O–H groups in total. The fraction of sp³-hybridized carbons (Fsp3) is 0.421. The molecule has 1 amide bonds. The van der Waals surface area contributed by atoms with E-state index in [1.165, 1.54) is 11.3 Å². The third-order valence-corrected chi connectivity index (χ3v) is 5.78. The van der Waals surface area contributed by atoms with Crippen LogP contribution in [0.5, 0.6) is 0 Å². The molecular formula is C19H22N4OS. The highest BCUT2D eigenvalue weighted by Crippen LogP contribution is 2.29. The second-order valence-electron chi connectivity index (χ2n) is 6.54. The Hall–Kier alpha value is -2.23. The van der Waals surface area contributed by atoms with Crippen molar-refractivity contribution in [3.63, 3.8) is 0 Å². The molecule has 2 aromatic rings. The van der Waals surface area contributed by atoms with E-state index in [0.29, 0.717) is 11.6 Å². The number of hydrogen-bond donors (Lipinski definition) is 0. The van der Waals surface area contributed by atoms with Gasteiger partial charge in [0.25, 0.3) is 5.91 Å². The number of amides is 1. The van der Waals surface area contributed by atoms with Gasteiger partial charge in [0.2, 0.25) is 0 Å². The fourth-order valence-electron chi connectivity index (χ4n) is 2.99. The Morgan fingerprint density at radius 1 is 1.20 bits per heavy atom. The Labute approximate surface area is 152 Å². The van der Waals surface area contributed by atoms with Crippen LogP contribution < -0.4 is 0 Å². The van der Waals surface area contributed by atoms with Crippen LogP contribution in [0.4, 0.5) is 0 Å². The second kappa shape index (κ2) is 7.34. The number of nitriles is 1. The third-order valence-electron chi connectivity index (χ3n) is 4.58. The van der Waals surface area contributed by atoms with Gasteiger partial charge in [0.05, 0.1) is 17.3 Å².